The summed E-state index contributed by atoms with van der Waals surface area (Å²) in [6.45, 7) is 4.49. The van der Waals surface area contributed by atoms with Crippen LogP contribution in [0.25, 0.3) is 0 Å². The lowest BCUT2D eigenvalue weighted by molar-refractivity contribution is -0.129. The zero-order valence-corrected chi connectivity index (χ0v) is 16.4. The number of rotatable bonds is 1. The molecule has 140 valence electrons. The summed E-state index contributed by atoms with van der Waals surface area (Å²) in [6, 6.07) is 7.14. The summed E-state index contributed by atoms with van der Waals surface area (Å²) in [5, 5.41) is 9.16. The van der Waals surface area contributed by atoms with E-state index in [0.717, 1.165) is 45.0 Å². The summed E-state index contributed by atoms with van der Waals surface area (Å²) in [5.41, 5.74) is 4.43. The molecule has 1 aliphatic heterocycles. The van der Waals surface area contributed by atoms with Crippen LogP contribution in [0.4, 0.5) is 5.69 Å². The SMILES string of the molecule is CC12CCC3c4cc(N5CCB(C#N)CC5)ccc4CCC3C1CCC2=O. The highest BCUT2D eigenvalue weighted by molar-refractivity contribution is 6.67. The average molecular weight is 360 g/mol. The number of benzene rings is 1. The van der Waals surface area contributed by atoms with Crippen molar-refractivity contribution in [2.45, 2.75) is 64.0 Å². The second-order valence-electron chi connectivity index (χ2n) is 9.61. The Hall–Kier alpha value is -1.76. The largest absolute Gasteiger partial charge is 0.373 e. The van der Waals surface area contributed by atoms with E-state index in [2.05, 4.69) is 36.0 Å². The van der Waals surface area contributed by atoms with Crippen LogP contribution in [0.5, 0.6) is 0 Å². The number of hydrogen-bond donors (Lipinski definition) is 0. The lowest BCUT2D eigenvalue weighted by atomic mass is 9.45. The predicted molar refractivity (Wildman–Crippen MR) is 109 cm³/mol. The van der Waals surface area contributed by atoms with Crippen LogP contribution in [0.3, 0.4) is 0 Å². The molecule has 3 aliphatic carbocycles. The molecule has 2 saturated carbocycles. The number of ketones is 1. The first kappa shape index (κ1) is 17.4. The third-order valence-corrected chi connectivity index (χ3v) is 8.46. The van der Waals surface area contributed by atoms with Crippen molar-refractivity contribution in [3.05, 3.63) is 29.3 Å². The molecule has 4 heteroatoms. The molecular formula is C23H29BN2O. The van der Waals surface area contributed by atoms with Gasteiger partial charge in [-0.3, -0.25) is 4.79 Å². The molecule has 0 radical (unpaired) electrons. The minimum Gasteiger partial charge on any atom is -0.373 e. The zero-order chi connectivity index (χ0) is 18.6. The smallest absolute Gasteiger partial charge is 0.271 e. The normalized spacial score (nSPS) is 35.3. The van der Waals surface area contributed by atoms with E-state index in [1.165, 1.54) is 24.9 Å². The molecular weight excluding hydrogens is 331 g/mol. The average Bonchev–Trinajstić information content (AvgIpc) is 3.02. The van der Waals surface area contributed by atoms with Crippen LogP contribution >= 0.6 is 0 Å². The zero-order valence-electron chi connectivity index (χ0n) is 16.4. The van der Waals surface area contributed by atoms with E-state index in [-0.39, 0.29) is 12.1 Å². The number of aryl methyl sites for hydroxylation is 1. The molecule has 1 aromatic rings. The molecule has 4 unspecified atom stereocenters. The first-order chi connectivity index (χ1) is 13.1. The number of fused-ring (bicyclic) bond motifs is 5. The van der Waals surface area contributed by atoms with Gasteiger partial charge in [0.25, 0.3) is 6.71 Å². The molecule has 0 spiro atoms. The number of hydrogen-bond acceptors (Lipinski definition) is 3. The van der Waals surface area contributed by atoms with Crippen molar-refractivity contribution in [1.29, 1.82) is 5.26 Å². The molecule has 1 aromatic carbocycles. The van der Waals surface area contributed by atoms with Crippen molar-refractivity contribution in [2.75, 3.05) is 18.0 Å². The number of anilines is 1. The monoisotopic (exact) mass is 360 g/mol. The number of carbonyl (C=O) groups is 1. The van der Waals surface area contributed by atoms with Crippen LogP contribution in [0.2, 0.25) is 12.6 Å². The highest BCUT2D eigenvalue weighted by Crippen LogP contribution is 2.59. The van der Waals surface area contributed by atoms with Crippen LogP contribution in [-0.4, -0.2) is 25.6 Å². The molecule has 0 amide bonds. The van der Waals surface area contributed by atoms with Gasteiger partial charge in [0.1, 0.15) is 5.78 Å². The van der Waals surface area contributed by atoms with Gasteiger partial charge in [0.15, 0.2) is 0 Å². The maximum absolute atomic E-state index is 12.5. The van der Waals surface area contributed by atoms with Gasteiger partial charge in [-0.15, -0.1) is 0 Å². The highest BCUT2D eigenvalue weighted by atomic mass is 16.1. The number of nitriles is 1. The molecule has 0 N–H and O–H groups in total. The lowest BCUT2D eigenvalue weighted by Gasteiger charge is -2.48. The van der Waals surface area contributed by atoms with Crippen LogP contribution in [0, 0.1) is 28.5 Å². The van der Waals surface area contributed by atoms with Crippen molar-refractivity contribution in [3.63, 3.8) is 0 Å². The summed E-state index contributed by atoms with van der Waals surface area (Å²) < 4.78 is 0. The van der Waals surface area contributed by atoms with E-state index < -0.39 is 0 Å². The van der Waals surface area contributed by atoms with Crippen LogP contribution in [-0.2, 0) is 11.2 Å². The minimum absolute atomic E-state index is 0.0323. The second-order valence-corrected chi connectivity index (χ2v) is 9.61. The van der Waals surface area contributed by atoms with Crippen LogP contribution in [0.1, 0.15) is 56.1 Å². The Morgan fingerprint density at radius 2 is 2.00 bits per heavy atom. The summed E-state index contributed by atoms with van der Waals surface area (Å²) in [4.78, 5) is 15.0. The van der Waals surface area contributed by atoms with E-state index >= 15 is 0 Å². The van der Waals surface area contributed by atoms with E-state index in [1.807, 2.05) is 0 Å². The summed E-state index contributed by atoms with van der Waals surface area (Å²) >= 11 is 0. The Balaban J connectivity index is 1.42. The Morgan fingerprint density at radius 1 is 1.19 bits per heavy atom. The topological polar surface area (TPSA) is 44.1 Å². The lowest BCUT2D eigenvalue weighted by Crippen LogP contribution is -2.42. The minimum atomic E-state index is -0.0323. The van der Waals surface area contributed by atoms with Crippen molar-refractivity contribution < 1.29 is 4.79 Å². The number of carbonyl (C=O) groups excluding carboxylic acids is 1. The fourth-order valence-corrected chi connectivity index (χ4v) is 6.79. The maximum atomic E-state index is 12.5. The second kappa shape index (κ2) is 6.40. The Labute approximate surface area is 163 Å². The molecule has 3 nitrogen and oxygen atoms in total. The fraction of sp³-hybridized carbons (Fsp3) is 0.652. The van der Waals surface area contributed by atoms with Gasteiger partial charge in [-0.2, -0.15) is 0 Å². The molecule has 1 heterocycles. The molecule has 0 aromatic heterocycles. The molecule has 4 atom stereocenters. The highest BCUT2D eigenvalue weighted by Gasteiger charge is 2.54. The van der Waals surface area contributed by atoms with Gasteiger partial charge in [0.2, 0.25) is 0 Å². The van der Waals surface area contributed by atoms with Gasteiger partial charge in [0.05, 0.1) is 0 Å². The first-order valence-corrected chi connectivity index (χ1v) is 10.9. The first-order valence-electron chi connectivity index (χ1n) is 10.9. The van der Waals surface area contributed by atoms with Crippen LogP contribution in [0.15, 0.2) is 18.2 Å². The summed E-state index contributed by atoms with van der Waals surface area (Å²) in [5.74, 6) is 4.92. The van der Waals surface area contributed by atoms with Crippen molar-refractivity contribution in [2.24, 2.45) is 17.3 Å². The Kier molecular flexibility index (Phi) is 4.11. The summed E-state index contributed by atoms with van der Waals surface area (Å²) in [7, 11) is 0. The maximum Gasteiger partial charge on any atom is 0.271 e. The molecule has 5 rings (SSSR count). The predicted octanol–water partition coefficient (Wildman–Crippen LogP) is 4.49. The molecule has 1 saturated heterocycles. The van der Waals surface area contributed by atoms with Gasteiger partial charge in [-0.1, -0.05) is 13.0 Å². The van der Waals surface area contributed by atoms with Gasteiger partial charge < -0.3 is 4.90 Å². The standard InChI is InChI=1S/C23H29BN2O/c1-23-9-8-18-19(21(23)6-7-22(23)27)5-3-16-2-4-17(14-20(16)18)26-12-10-24(15-25)11-13-26/h2,4,14,18-19,21H,3,5-13H2,1H3. The number of Topliss-reactive ketones (excluding diaryl/α,β-unsaturated/α-hetero) is 1. The van der Waals surface area contributed by atoms with E-state index in [4.69, 9.17) is 5.26 Å². The van der Waals surface area contributed by atoms with Crippen molar-refractivity contribution in [1.82, 2.24) is 0 Å². The summed E-state index contributed by atoms with van der Waals surface area (Å²) in [6.07, 6.45) is 8.60. The quantitative estimate of drug-likeness (QED) is 0.693. The molecule has 3 fully saturated rings. The van der Waals surface area contributed by atoms with Crippen molar-refractivity contribution >= 4 is 18.2 Å². The Morgan fingerprint density at radius 3 is 2.78 bits per heavy atom. The molecule has 27 heavy (non-hydrogen) atoms. The third kappa shape index (κ3) is 2.65. The van der Waals surface area contributed by atoms with Crippen molar-refractivity contribution in [3.8, 4) is 5.97 Å². The van der Waals surface area contributed by atoms with Gasteiger partial charge in [0, 0.05) is 36.6 Å². The molecule has 0 bridgehead atoms. The van der Waals surface area contributed by atoms with E-state index in [0.29, 0.717) is 23.5 Å². The van der Waals surface area contributed by atoms with Gasteiger partial charge in [-0.05, 0) is 85.8 Å². The molecule has 4 aliphatic rings. The van der Waals surface area contributed by atoms with Gasteiger partial charge >= 0.3 is 0 Å². The van der Waals surface area contributed by atoms with E-state index in [1.54, 1.807) is 11.1 Å². The fourth-order valence-electron chi connectivity index (χ4n) is 6.79. The Bertz CT molecular complexity index is 807. The number of nitrogens with zero attached hydrogens (tertiary/aromatic N) is 2. The van der Waals surface area contributed by atoms with Crippen LogP contribution < -0.4 is 4.90 Å². The van der Waals surface area contributed by atoms with Gasteiger partial charge in [-0.25, -0.2) is 5.26 Å². The third-order valence-electron chi connectivity index (χ3n) is 8.46. The van der Waals surface area contributed by atoms with E-state index in [9.17, 15) is 4.79 Å².